The van der Waals surface area contributed by atoms with Crippen LogP contribution < -0.4 is 5.32 Å². The molecule has 0 aliphatic carbocycles. The van der Waals surface area contributed by atoms with Crippen LogP contribution in [0.15, 0.2) is 9.64 Å². The number of hydrogen-bond acceptors (Lipinski definition) is 6. The number of carbonyl (C=O) groups is 1. The van der Waals surface area contributed by atoms with Crippen molar-refractivity contribution in [2.75, 3.05) is 19.4 Å². The third kappa shape index (κ3) is 5.36. The number of nitrogens with one attached hydrogen (secondary N) is 1. The lowest BCUT2D eigenvalue weighted by Gasteiger charge is -2.27. The number of unbranched alkanes of at least 4 members (excludes halogenated alkanes) is 1. The third-order valence-corrected chi connectivity index (χ3v) is 4.42. The van der Waals surface area contributed by atoms with Crippen LogP contribution in [-0.2, 0) is 9.53 Å². The molecule has 0 saturated carbocycles. The summed E-state index contributed by atoms with van der Waals surface area (Å²) in [6.45, 7) is 8.50. The van der Waals surface area contributed by atoms with Gasteiger partial charge in [0.2, 0.25) is 0 Å². The van der Waals surface area contributed by atoms with E-state index in [0.29, 0.717) is 0 Å². The Morgan fingerprint density at radius 3 is 2.67 bits per heavy atom. The largest absolute Gasteiger partial charge is 0.468 e. The fourth-order valence-corrected chi connectivity index (χ4v) is 3.03. The highest BCUT2D eigenvalue weighted by atomic mass is 32.2. The maximum absolute atomic E-state index is 11.8. The Kier molecular flexibility index (Phi) is 7.25. The fraction of sp³-hybridized carbons (Fsp3) is 0.733. The van der Waals surface area contributed by atoms with E-state index in [4.69, 9.17) is 9.15 Å². The minimum atomic E-state index is -0.593. The molecule has 0 aliphatic rings. The molecule has 0 amide bonds. The first kappa shape index (κ1) is 18.0. The van der Waals surface area contributed by atoms with Gasteiger partial charge in [0.1, 0.15) is 11.3 Å². The molecule has 120 valence electrons. The Bertz CT molecular complexity index is 442. The molecule has 1 unspecified atom stereocenters. The third-order valence-electron chi connectivity index (χ3n) is 3.51. The number of carbonyl (C=O) groups excluding carboxylic acids is 1. The summed E-state index contributed by atoms with van der Waals surface area (Å²) in [7, 11) is 1.43. The zero-order chi connectivity index (χ0) is 15.9. The van der Waals surface area contributed by atoms with E-state index in [2.05, 4.69) is 10.3 Å². The standard InChI is InChI=1S/C15H26N2O3S/c1-6-16-15(4,13(18)19-5)9-7-8-10-21-14-17-11(2)12(3)20-14/h16H,6-10H2,1-5H3. The lowest BCUT2D eigenvalue weighted by Crippen LogP contribution is -2.50. The molecule has 0 saturated heterocycles. The number of esters is 1. The van der Waals surface area contributed by atoms with Gasteiger partial charge in [0.05, 0.1) is 12.8 Å². The van der Waals surface area contributed by atoms with Crippen molar-refractivity contribution < 1.29 is 13.9 Å². The Hall–Kier alpha value is -1.01. The average Bonchev–Trinajstić information content (AvgIpc) is 2.76. The number of likely N-dealkylation sites (N-methyl/N-ethyl adjacent to an activating group) is 1. The minimum absolute atomic E-state index is 0.198. The topological polar surface area (TPSA) is 64.4 Å². The van der Waals surface area contributed by atoms with E-state index >= 15 is 0 Å². The molecule has 1 atom stereocenters. The maximum atomic E-state index is 11.8. The highest BCUT2D eigenvalue weighted by Crippen LogP contribution is 2.23. The average molecular weight is 314 g/mol. The van der Waals surface area contributed by atoms with Crippen molar-refractivity contribution in [1.82, 2.24) is 10.3 Å². The van der Waals surface area contributed by atoms with Crippen molar-refractivity contribution >= 4 is 17.7 Å². The first-order chi connectivity index (χ1) is 9.92. The summed E-state index contributed by atoms with van der Waals surface area (Å²) >= 11 is 1.62. The molecule has 0 aliphatic heterocycles. The first-order valence-corrected chi connectivity index (χ1v) is 8.31. The lowest BCUT2D eigenvalue weighted by atomic mass is 9.95. The van der Waals surface area contributed by atoms with E-state index in [1.165, 1.54) is 7.11 Å². The molecule has 0 spiro atoms. The number of nitrogens with zero attached hydrogens (tertiary/aromatic N) is 1. The molecular formula is C15H26N2O3S. The number of ether oxygens (including phenoxy) is 1. The van der Waals surface area contributed by atoms with Crippen LogP contribution in [0.4, 0.5) is 0 Å². The summed E-state index contributed by atoms with van der Waals surface area (Å²) in [5.74, 6) is 1.61. The molecule has 0 aromatic carbocycles. The maximum Gasteiger partial charge on any atom is 0.325 e. The van der Waals surface area contributed by atoms with Gasteiger partial charge in [-0.3, -0.25) is 4.79 Å². The molecule has 1 heterocycles. The van der Waals surface area contributed by atoms with Crippen molar-refractivity contribution in [2.24, 2.45) is 0 Å². The number of thioether (sulfide) groups is 1. The van der Waals surface area contributed by atoms with Gasteiger partial charge in [-0.05, 0) is 40.2 Å². The Balaban J connectivity index is 2.33. The van der Waals surface area contributed by atoms with Crippen molar-refractivity contribution in [3.8, 4) is 0 Å². The van der Waals surface area contributed by atoms with Crippen LogP contribution in [-0.4, -0.2) is 35.9 Å². The molecular weight excluding hydrogens is 288 g/mol. The second kappa shape index (κ2) is 8.44. The second-order valence-corrected chi connectivity index (χ2v) is 6.33. The second-order valence-electron chi connectivity index (χ2n) is 5.28. The van der Waals surface area contributed by atoms with Gasteiger partial charge < -0.3 is 14.5 Å². The fourth-order valence-electron chi connectivity index (χ4n) is 2.12. The summed E-state index contributed by atoms with van der Waals surface area (Å²) in [4.78, 5) is 16.2. The summed E-state index contributed by atoms with van der Waals surface area (Å²) in [6.07, 6.45) is 2.71. The van der Waals surface area contributed by atoms with E-state index in [-0.39, 0.29) is 5.97 Å². The zero-order valence-corrected chi connectivity index (χ0v) is 14.4. The highest BCUT2D eigenvalue weighted by Gasteiger charge is 2.32. The van der Waals surface area contributed by atoms with Gasteiger partial charge in [-0.2, -0.15) is 0 Å². The predicted molar refractivity (Wildman–Crippen MR) is 84.6 cm³/mol. The van der Waals surface area contributed by atoms with Gasteiger partial charge in [-0.15, -0.1) is 0 Å². The highest BCUT2D eigenvalue weighted by molar-refractivity contribution is 7.99. The van der Waals surface area contributed by atoms with Crippen molar-refractivity contribution in [1.29, 1.82) is 0 Å². The summed E-state index contributed by atoms with van der Waals surface area (Å²) in [5.41, 5.74) is 0.354. The normalized spacial score (nSPS) is 14.0. The number of methoxy groups -OCH3 is 1. The van der Waals surface area contributed by atoms with Crippen LogP contribution in [0.5, 0.6) is 0 Å². The Labute approximate surface area is 131 Å². The molecule has 5 nitrogen and oxygen atoms in total. The summed E-state index contributed by atoms with van der Waals surface area (Å²) in [6, 6.07) is 0. The van der Waals surface area contributed by atoms with Gasteiger partial charge in [-0.25, -0.2) is 4.98 Å². The molecule has 0 bridgehead atoms. The van der Waals surface area contributed by atoms with Crippen LogP contribution >= 0.6 is 11.8 Å². The van der Waals surface area contributed by atoms with Crippen LogP contribution in [0.3, 0.4) is 0 Å². The molecule has 0 fully saturated rings. The van der Waals surface area contributed by atoms with E-state index < -0.39 is 5.54 Å². The SMILES string of the molecule is CCNC(C)(CCCCSc1nc(C)c(C)o1)C(=O)OC. The molecule has 1 aromatic rings. The first-order valence-electron chi connectivity index (χ1n) is 7.33. The number of rotatable bonds is 9. The lowest BCUT2D eigenvalue weighted by molar-refractivity contribution is -0.148. The molecule has 0 radical (unpaired) electrons. The van der Waals surface area contributed by atoms with Gasteiger partial charge in [0, 0.05) is 5.75 Å². The summed E-state index contributed by atoms with van der Waals surface area (Å²) < 4.78 is 10.4. The number of hydrogen-bond donors (Lipinski definition) is 1. The quantitative estimate of drug-likeness (QED) is 0.429. The number of aromatic nitrogens is 1. The van der Waals surface area contributed by atoms with Crippen LogP contribution in [0.25, 0.3) is 0 Å². The van der Waals surface area contributed by atoms with Crippen LogP contribution in [0.2, 0.25) is 0 Å². The molecule has 1 aromatic heterocycles. The molecule has 1 rings (SSSR count). The molecule has 6 heteroatoms. The number of oxazole rings is 1. The zero-order valence-electron chi connectivity index (χ0n) is 13.6. The monoisotopic (exact) mass is 314 g/mol. The molecule has 21 heavy (non-hydrogen) atoms. The van der Waals surface area contributed by atoms with E-state index in [9.17, 15) is 4.79 Å². The van der Waals surface area contributed by atoms with Gasteiger partial charge in [0.25, 0.3) is 5.22 Å². The van der Waals surface area contributed by atoms with E-state index in [0.717, 1.165) is 48.2 Å². The van der Waals surface area contributed by atoms with Gasteiger partial charge in [-0.1, -0.05) is 25.1 Å². The molecule has 1 N–H and O–H groups in total. The smallest absolute Gasteiger partial charge is 0.325 e. The van der Waals surface area contributed by atoms with Crippen LogP contribution in [0.1, 0.15) is 44.6 Å². The summed E-state index contributed by atoms with van der Waals surface area (Å²) in [5, 5.41) is 3.95. The Morgan fingerprint density at radius 2 is 2.14 bits per heavy atom. The van der Waals surface area contributed by atoms with E-state index in [1.807, 2.05) is 27.7 Å². The van der Waals surface area contributed by atoms with Crippen LogP contribution in [0, 0.1) is 13.8 Å². The minimum Gasteiger partial charge on any atom is -0.468 e. The van der Waals surface area contributed by atoms with Crippen molar-refractivity contribution in [3.05, 3.63) is 11.5 Å². The predicted octanol–water partition coefficient (Wildman–Crippen LogP) is 3.10. The van der Waals surface area contributed by atoms with Crippen molar-refractivity contribution in [2.45, 2.75) is 57.7 Å². The Morgan fingerprint density at radius 1 is 1.43 bits per heavy atom. The number of aryl methyl sites for hydroxylation is 2. The van der Waals surface area contributed by atoms with Gasteiger partial charge >= 0.3 is 5.97 Å². The van der Waals surface area contributed by atoms with Gasteiger partial charge in [0.15, 0.2) is 0 Å². The van der Waals surface area contributed by atoms with Crippen molar-refractivity contribution in [3.63, 3.8) is 0 Å². The van der Waals surface area contributed by atoms with E-state index in [1.54, 1.807) is 11.8 Å².